The third-order valence-electron chi connectivity index (χ3n) is 3.05. The number of nitrogens with one attached hydrogen (secondary N) is 1. The number of thiophene rings is 1. The van der Waals surface area contributed by atoms with Gasteiger partial charge in [-0.2, -0.15) is 0 Å². The van der Waals surface area contributed by atoms with Gasteiger partial charge in [0.1, 0.15) is 5.60 Å². The van der Waals surface area contributed by atoms with Crippen molar-refractivity contribution in [2.45, 2.75) is 32.0 Å². The van der Waals surface area contributed by atoms with Gasteiger partial charge in [0.2, 0.25) is 0 Å². The monoisotopic (exact) mass is 197 g/mol. The van der Waals surface area contributed by atoms with Crippen LogP contribution in [0.25, 0.3) is 0 Å². The van der Waals surface area contributed by atoms with Crippen LogP contribution in [0.5, 0.6) is 0 Å². The number of hydrogen-bond donors (Lipinski definition) is 1. The third-order valence-corrected chi connectivity index (χ3v) is 4.22. The summed E-state index contributed by atoms with van der Waals surface area (Å²) in [6.45, 7) is 5.30. The zero-order chi connectivity index (χ0) is 9.47. The summed E-state index contributed by atoms with van der Waals surface area (Å²) < 4.78 is 5.62. The number of ether oxygens (including phenoxy) is 1. The molecule has 2 unspecified atom stereocenters. The lowest BCUT2D eigenvalue weighted by Gasteiger charge is -2.38. The SMILES string of the molecule is COC1(C)c2sccc2CNC1C. The Kier molecular flexibility index (Phi) is 2.18. The second kappa shape index (κ2) is 3.08. The van der Waals surface area contributed by atoms with Gasteiger partial charge >= 0.3 is 0 Å². The van der Waals surface area contributed by atoms with E-state index in [2.05, 4.69) is 30.6 Å². The van der Waals surface area contributed by atoms with Crippen LogP contribution in [-0.2, 0) is 16.9 Å². The van der Waals surface area contributed by atoms with E-state index in [1.165, 1.54) is 10.4 Å². The lowest BCUT2D eigenvalue weighted by molar-refractivity contribution is -0.0298. The van der Waals surface area contributed by atoms with E-state index in [4.69, 9.17) is 4.74 Å². The van der Waals surface area contributed by atoms with Crippen LogP contribution >= 0.6 is 11.3 Å². The van der Waals surface area contributed by atoms with Crippen LogP contribution in [0.2, 0.25) is 0 Å². The van der Waals surface area contributed by atoms with Gasteiger partial charge in [0.25, 0.3) is 0 Å². The summed E-state index contributed by atoms with van der Waals surface area (Å²) in [7, 11) is 1.78. The first kappa shape index (κ1) is 9.19. The molecule has 0 saturated carbocycles. The Labute approximate surface area is 82.9 Å². The van der Waals surface area contributed by atoms with Crippen LogP contribution in [0.4, 0.5) is 0 Å². The first-order valence-corrected chi connectivity index (χ1v) is 5.42. The summed E-state index contributed by atoms with van der Waals surface area (Å²) in [4.78, 5) is 1.38. The van der Waals surface area contributed by atoms with Gasteiger partial charge < -0.3 is 10.1 Å². The zero-order valence-electron chi connectivity index (χ0n) is 8.26. The molecule has 1 aliphatic heterocycles. The predicted molar refractivity (Wildman–Crippen MR) is 55.0 cm³/mol. The highest BCUT2D eigenvalue weighted by atomic mass is 32.1. The van der Waals surface area contributed by atoms with Crippen molar-refractivity contribution in [1.82, 2.24) is 5.32 Å². The lowest BCUT2D eigenvalue weighted by Crippen LogP contribution is -2.49. The lowest BCUT2D eigenvalue weighted by atomic mass is 9.89. The highest BCUT2D eigenvalue weighted by Crippen LogP contribution is 2.38. The van der Waals surface area contributed by atoms with Gasteiger partial charge in [0, 0.05) is 24.6 Å². The predicted octanol–water partition coefficient (Wildman–Crippen LogP) is 2.10. The highest BCUT2D eigenvalue weighted by Gasteiger charge is 2.38. The van der Waals surface area contributed by atoms with E-state index in [1.54, 1.807) is 18.4 Å². The molecule has 2 rings (SSSR count). The molecule has 1 aromatic heterocycles. The first-order chi connectivity index (χ1) is 6.18. The second-order valence-electron chi connectivity index (χ2n) is 3.69. The van der Waals surface area contributed by atoms with Gasteiger partial charge in [-0.15, -0.1) is 11.3 Å². The van der Waals surface area contributed by atoms with Crippen molar-refractivity contribution < 1.29 is 4.74 Å². The maximum Gasteiger partial charge on any atom is 0.114 e. The van der Waals surface area contributed by atoms with E-state index in [0.29, 0.717) is 6.04 Å². The van der Waals surface area contributed by atoms with Gasteiger partial charge in [0.05, 0.1) is 0 Å². The Morgan fingerprint density at radius 3 is 3.15 bits per heavy atom. The standard InChI is InChI=1S/C10H15NOS/c1-7-10(2,12-3)9-8(6-11-7)4-5-13-9/h4-5,7,11H,6H2,1-3H3. The summed E-state index contributed by atoms with van der Waals surface area (Å²) >= 11 is 1.80. The summed E-state index contributed by atoms with van der Waals surface area (Å²) in [5.74, 6) is 0. The normalized spacial score (nSPS) is 33.0. The van der Waals surface area contributed by atoms with Crippen molar-refractivity contribution in [2.24, 2.45) is 0 Å². The maximum absolute atomic E-state index is 5.62. The Bertz CT molecular complexity index is 310. The Balaban J connectivity index is 2.47. The molecule has 2 atom stereocenters. The molecule has 1 N–H and O–H groups in total. The summed E-state index contributed by atoms with van der Waals surface area (Å²) in [6.07, 6.45) is 0. The van der Waals surface area contributed by atoms with Gasteiger partial charge in [-0.25, -0.2) is 0 Å². The maximum atomic E-state index is 5.62. The zero-order valence-corrected chi connectivity index (χ0v) is 9.07. The minimum atomic E-state index is -0.151. The van der Waals surface area contributed by atoms with E-state index in [9.17, 15) is 0 Å². The van der Waals surface area contributed by atoms with Crippen LogP contribution in [0, 0.1) is 0 Å². The molecule has 72 valence electrons. The van der Waals surface area contributed by atoms with Crippen molar-refractivity contribution in [3.8, 4) is 0 Å². The number of fused-ring (bicyclic) bond motifs is 1. The highest BCUT2D eigenvalue weighted by molar-refractivity contribution is 7.10. The van der Waals surface area contributed by atoms with Crippen molar-refractivity contribution in [2.75, 3.05) is 7.11 Å². The molecular formula is C10H15NOS. The fourth-order valence-electron chi connectivity index (χ4n) is 1.83. The molecule has 0 fully saturated rings. The molecule has 0 aliphatic carbocycles. The molecule has 0 saturated heterocycles. The molecule has 0 aromatic carbocycles. The van der Waals surface area contributed by atoms with E-state index >= 15 is 0 Å². The molecule has 0 radical (unpaired) electrons. The number of hydrogen-bond acceptors (Lipinski definition) is 3. The second-order valence-corrected chi connectivity index (χ2v) is 4.60. The van der Waals surface area contributed by atoms with Crippen molar-refractivity contribution in [1.29, 1.82) is 0 Å². The molecule has 0 amide bonds. The Morgan fingerprint density at radius 1 is 1.69 bits per heavy atom. The smallest absolute Gasteiger partial charge is 0.114 e. The molecule has 2 heterocycles. The Hall–Kier alpha value is -0.380. The van der Waals surface area contributed by atoms with Crippen LogP contribution in [-0.4, -0.2) is 13.2 Å². The van der Waals surface area contributed by atoms with Gasteiger partial charge in [-0.3, -0.25) is 0 Å². The van der Waals surface area contributed by atoms with Gasteiger partial charge in [-0.1, -0.05) is 0 Å². The first-order valence-electron chi connectivity index (χ1n) is 4.54. The van der Waals surface area contributed by atoms with E-state index < -0.39 is 0 Å². The summed E-state index contributed by atoms with van der Waals surface area (Å²) in [5, 5.41) is 5.59. The topological polar surface area (TPSA) is 21.3 Å². The van der Waals surface area contributed by atoms with Crippen molar-refractivity contribution in [3.05, 3.63) is 21.9 Å². The molecule has 2 nitrogen and oxygen atoms in total. The molecule has 0 spiro atoms. The molecular weight excluding hydrogens is 182 g/mol. The average molecular weight is 197 g/mol. The molecule has 1 aromatic rings. The van der Waals surface area contributed by atoms with Gasteiger partial charge in [0.15, 0.2) is 0 Å². The molecule has 3 heteroatoms. The molecule has 0 bridgehead atoms. The van der Waals surface area contributed by atoms with Crippen LogP contribution in [0.3, 0.4) is 0 Å². The van der Waals surface area contributed by atoms with Crippen LogP contribution in [0.15, 0.2) is 11.4 Å². The van der Waals surface area contributed by atoms with Crippen molar-refractivity contribution in [3.63, 3.8) is 0 Å². The van der Waals surface area contributed by atoms with E-state index in [1.807, 2.05) is 0 Å². The largest absolute Gasteiger partial charge is 0.371 e. The number of methoxy groups -OCH3 is 1. The number of rotatable bonds is 1. The molecule has 13 heavy (non-hydrogen) atoms. The minimum absolute atomic E-state index is 0.151. The van der Waals surface area contributed by atoms with Crippen LogP contribution < -0.4 is 5.32 Å². The van der Waals surface area contributed by atoms with Crippen molar-refractivity contribution >= 4 is 11.3 Å². The third kappa shape index (κ3) is 1.23. The van der Waals surface area contributed by atoms with E-state index in [-0.39, 0.29) is 5.60 Å². The average Bonchev–Trinajstić information content (AvgIpc) is 2.60. The molecule has 1 aliphatic rings. The minimum Gasteiger partial charge on any atom is -0.371 e. The Morgan fingerprint density at radius 2 is 2.46 bits per heavy atom. The fourth-order valence-corrected chi connectivity index (χ4v) is 2.99. The van der Waals surface area contributed by atoms with E-state index in [0.717, 1.165) is 6.54 Å². The summed E-state index contributed by atoms with van der Waals surface area (Å²) in [5.41, 5.74) is 1.23. The quantitative estimate of drug-likeness (QED) is 0.744. The van der Waals surface area contributed by atoms with Gasteiger partial charge in [-0.05, 0) is 30.9 Å². The summed E-state index contributed by atoms with van der Waals surface area (Å²) in [6, 6.07) is 2.56. The van der Waals surface area contributed by atoms with Crippen LogP contribution in [0.1, 0.15) is 24.3 Å². The fraction of sp³-hybridized carbons (Fsp3) is 0.600.